The minimum atomic E-state index is -0.658. The maximum absolute atomic E-state index is 13.5. The molecule has 0 aliphatic heterocycles. The predicted molar refractivity (Wildman–Crippen MR) is 64.1 cm³/mol. The lowest BCUT2D eigenvalue weighted by atomic mass is 9.75. The molecule has 1 aromatic heterocycles. The number of rotatable bonds is 2. The van der Waals surface area contributed by atoms with Gasteiger partial charge >= 0.3 is 0 Å². The van der Waals surface area contributed by atoms with Crippen molar-refractivity contribution in [1.82, 2.24) is 4.98 Å². The fourth-order valence-electron chi connectivity index (χ4n) is 2.61. The van der Waals surface area contributed by atoms with Crippen molar-refractivity contribution >= 4 is 0 Å². The van der Waals surface area contributed by atoms with Crippen molar-refractivity contribution in [2.75, 3.05) is 0 Å². The highest BCUT2D eigenvalue weighted by Gasteiger charge is 2.29. The van der Waals surface area contributed by atoms with E-state index in [4.69, 9.17) is 0 Å². The Morgan fingerprint density at radius 2 is 2.31 bits per heavy atom. The van der Waals surface area contributed by atoms with Crippen LogP contribution in [0.25, 0.3) is 0 Å². The first-order valence-corrected chi connectivity index (χ1v) is 5.90. The summed E-state index contributed by atoms with van der Waals surface area (Å²) in [5, 5.41) is 0. The van der Waals surface area contributed by atoms with Gasteiger partial charge in [-0.3, -0.25) is 4.98 Å². The van der Waals surface area contributed by atoms with Crippen LogP contribution in [0.15, 0.2) is 31.0 Å². The third-order valence-corrected chi connectivity index (χ3v) is 3.49. The minimum absolute atomic E-state index is 0.281. The Morgan fingerprint density at radius 1 is 1.50 bits per heavy atom. The fourth-order valence-corrected chi connectivity index (χ4v) is 2.61. The first-order valence-electron chi connectivity index (χ1n) is 5.90. The Morgan fingerprint density at radius 3 is 3.00 bits per heavy atom. The molecule has 1 aliphatic carbocycles. The Bertz CT molecular complexity index is 375. The molecule has 2 rings (SSSR count). The topological polar surface area (TPSA) is 12.9 Å². The molecular weight excluding hydrogens is 201 g/mol. The van der Waals surface area contributed by atoms with Crippen molar-refractivity contribution < 1.29 is 4.39 Å². The van der Waals surface area contributed by atoms with Crippen LogP contribution in [0, 0.1) is 12.8 Å². The number of aromatic nitrogens is 1. The molecular formula is C14H18FN. The van der Waals surface area contributed by atoms with Crippen molar-refractivity contribution in [2.45, 2.75) is 38.3 Å². The smallest absolute Gasteiger partial charge is 0.101 e. The van der Waals surface area contributed by atoms with Crippen LogP contribution in [0.4, 0.5) is 4.39 Å². The normalized spacial score (nSPS) is 30.0. The minimum Gasteiger partial charge on any atom is -0.262 e. The van der Waals surface area contributed by atoms with E-state index in [1.165, 1.54) is 5.56 Å². The largest absolute Gasteiger partial charge is 0.262 e. The molecule has 1 fully saturated rings. The second-order valence-electron chi connectivity index (χ2n) is 4.65. The lowest BCUT2D eigenvalue weighted by Gasteiger charge is -2.31. The molecule has 0 N–H and O–H groups in total. The second kappa shape index (κ2) is 4.77. The monoisotopic (exact) mass is 219 g/mol. The lowest BCUT2D eigenvalue weighted by Crippen LogP contribution is -2.23. The van der Waals surface area contributed by atoms with E-state index < -0.39 is 6.17 Å². The molecule has 1 saturated carbocycles. The number of alkyl halides is 1. The van der Waals surface area contributed by atoms with Gasteiger partial charge in [-0.2, -0.15) is 0 Å². The van der Waals surface area contributed by atoms with Crippen LogP contribution >= 0.6 is 0 Å². The summed E-state index contributed by atoms with van der Waals surface area (Å²) in [7, 11) is 0. The van der Waals surface area contributed by atoms with Crippen LogP contribution in [0.2, 0.25) is 0 Å². The van der Waals surface area contributed by atoms with E-state index >= 15 is 0 Å². The summed E-state index contributed by atoms with van der Waals surface area (Å²) in [6, 6.07) is 4.07. The second-order valence-corrected chi connectivity index (χ2v) is 4.65. The molecule has 0 saturated heterocycles. The van der Waals surface area contributed by atoms with Gasteiger partial charge in [0, 0.05) is 11.9 Å². The quantitative estimate of drug-likeness (QED) is 0.689. The van der Waals surface area contributed by atoms with Gasteiger partial charge in [-0.15, -0.1) is 6.58 Å². The highest BCUT2D eigenvalue weighted by Crippen LogP contribution is 2.39. The number of hydrogen-bond acceptors (Lipinski definition) is 1. The third kappa shape index (κ3) is 2.31. The molecule has 0 radical (unpaired) electrons. The summed E-state index contributed by atoms with van der Waals surface area (Å²) >= 11 is 0. The van der Waals surface area contributed by atoms with E-state index in [2.05, 4.69) is 17.6 Å². The molecule has 3 atom stereocenters. The summed E-state index contributed by atoms with van der Waals surface area (Å²) in [6.07, 6.45) is 5.35. The molecule has 0 amide bonds. The highest BCUT2D eigenvalue weighted by molar-refractivity contribution is 5.23. The zero-order valence-corrected chi connectivity index (χ0v) is 9.70. The fraction of sp³-hybridized carbons (Fsp3) is 0.500. The van der Waals surface area contributed by atoms with Gasteiger partial charge in [-0.25, -0.2) is 4.39 Å². The summed E-state index contributed by atoms with van der Waals surface area (Å²) in [5.74, 6) is 0.691. The average molecular weight is 219 g/mol. The molecule has 86 valence electrons. The van der Waals surface area contributed by atoms with Crippen LogP contribution in [0.5, 0.6) is 0 Å². The number of pyridine rings is 1. The highest BCUT2D eigenvalue weighted by atomic mass is 19.1. The van der Waals surface area contributed by atoms with E-state index in [9.17, 15) is 4.39 Å². The summed E-state index contributed by atoms with van der Waals surface area (Å²) in [5.41, 5.74) is 2.21. The first-order chi connectivity index (χ1) is 7.70. The van der Waals surface area contributed by atoms with Gasteiger partial charge in [0.2, 0.25) is 0 Å². The van der Waals surface area contributed by atoms with Crippen molar-refractivity contribution in [3.05, 3.63) is 42.2 Å². The summed E-state index contributed by atoms with van der Waals surface area (Å²) in [4.78, 5) is 4.18. The molecule has 1 heterocycles. The van der Waals surface area contributed by atoms with Gasteiger partial charge in [0.05, 0.1) is 0 Å². The van der Waals surface area contributed by atoms with Gasteiger partial charge < -0.3 is 0 Å². The maximum atomic E-state index is 13.5. The first kappa shape index (κ1) is 11.3. The molecule has 16 heavy (non-hydrogen) atoms. The number of hydrogen-bond donors (Lipinski definition) is 0. The van der Waals surface area contributed by atoms with Gasteiger partial charge in [0.15, 0.2) is 0 Å². The number of halogens is 1. The SMILES string of the molecule is C=CC1CCC(F)C[C@H]1c1ccnc(C)c1. The van der Waals surface area contributed by atoms with Crippen molar-refractivity contribution in [3.8, 4) is 0 Å². The number of allylic oxidation sites excluding steroid dienone is 1. The third-order valence-electron chi connectivity index (χ3n) is 3.49. The van der Waals surface area contributed by atoms with Crippen molar-refractivity contribution in [2.24, 2.45) is 5.92 Å². The Balaban J connectivity index is 2.25. The van der Waals surface area contributed by atoms with Crippen molar-refractivity contribution in [3.63, 3.8) is 0 Å². The van der Waals surface area contributed by atoms with E-state index in [0.717, 1.165) is 12.1 Å². The zero-order valence-electron chi connectivity index (χ0n) is 9.70. The molecule has 1 aliphatic rings. The lowest BCUT2D eigenvalue weighted by molar-refractivity contribution is 0.202. The zero-order chi connectivity index (χ0) is 11.5. The molecule has 1 nitrogen and oxygen atoms in total. The van der Waals surface area contributed by atoms with Crippen LogP contribution < -0.4 is 0 Å². The molecule has 0 bridgehead atoms. The van der Waals surface area contributed by atoms with Crippen LogP contribution in [0.3, 0.4) is 0 Å². The number of aryl methyl sites for hydroxylation is 1. The van der Waals surface area contributed by atoms with Crippen LogP contribution in [0.1, 0.15) is 36.4 Å². The summed E-state index contributed by atoms with van der Waals surface area (Å²) in [6.45, 7) is 5.84. The number of nitrogens with zero attached hydrogens (tertiary/aromatic N) is 1. The average Bonchev–Trinajstić information content (AvgIpc) is 2.29. The van der Waals surface area contributed by atoms with Gasteiger partial charge in [-0.1, -0.05) is 6.08 Å². The van der Waals surface area contributed by atoms with Crippen LogP contribution in [-0.4, -0.2) is 11.2 Å². The Labute approximate surface area is 96.4 Å². The maximum Gasteiger partial charge on any atom is 0.101 e. The van der Waals surface area contributed by atoms with E-state index in [0.29, 0.717) is 18.8 Å². The van der Waals surface area contributed by atoms with Gasteiger partial charge in [0.1, 0.15) is 6.17 Å². The molecule has 2 heteroatoms. The standard InChI is InChI=1S/C14H18FN/c1-3-11-4-5-13(15)9-14(11)12-6-7-16-10(2)8-12/h3,6-8,11,13-14H,1,4-5,9H2,2H3/t11?,13?,14-/m1/s1. The Kier molecular flexibility index (Phi) is 3.37. The van der Waals surface area contributed by atoms with Gasteiger partial charge in [0.25, 0.3) is 0 Å². The molecule has 0 spiro atoms. The van der Waals surface area contributed by atoms with E-state index in [1.807, 2.05) is 25.3 Å². The van der Waals surface area contributed by atoms with Crippen molar-refractivity contribution in [1.29, 1.82) is 0 Å². The van der Waals surface area contributed by atoms with Crippen LogP contribution in [-0.2, 0) is 0 Å². The molecule has 0 aromatic carbocycles. The summed E-state index contributed by atoms with van der Waals surface area (Å²) < 4.78 is 13.5. The Hall–Kier alpha value is -1.18. The van der Waals surface area contributed by atoms with Gasteiger partial charge in [-0.05, 0) is 55.7 Å². The van der Waals surface area contributed by atoms with E-state index in [1.54, 1.807) is 0 Å². The predicted octanol–water partition coefficient (Wildman–Crippen LogP) is 3.80. The molecule has 2 unspecified atom stereocenters. The van der Waals surface area contributed by atoms with E-state index in [-0.39, 0.29) is 5.92 Å². The molecule has 1 aromatic rings.